The quantitative estimate of drug-likeness (QED) is 0.751. The number of carboxylic acids is 1. The Balaban J connectivity index is 2.06. The predicted molar refractivity (Wildman–Crippen MR) is 66.8 cm³/mol. The normalized spacial score (nSPS) is 31.7. The van der Waals surface area contributed by atoms with Crippen molar-refractivity contribution < 1.29 is 23.1 Å². The average Bonchev–Trinajstić information content (AvgIpc) is 2.37. The first-order chi connectivity index (χ1) is 8.99. The lowest BCUT2D eigenvalue weighted by Crippen LogP contribution is -2.58. The van der Waals surface area contributed by atoms with Gasteiger partial charge in [0.25, 0.3) is 0 Å². The maximum absolute atomic E-state index is 12.2. The lowest BCUT2D eigenvalue weighted by molar-refractivity contribution is -0.139. The van der Waals surface area contributed by atoms with E-state index in [-0.39, 0.29) is 6.61 Å². The lowest BCUT2D eigenvalue weighted by atomic mass is 9.99. The summed E-state index contributed by atoms with van der Waals surface area (Å²) in [6.45, 7) is 0.0589. The zero-order valence-corrected chi connectivity index (χ0v) is 10.8. The zero-order chi connectivity index (χ0) is 13.6. The molecule has 0 amide bonds. The van der Waals surface area contributed by atoms with Crippen molar-refractivity contribution in [3.05, 3.63) is 29.8 Å². The summed E-state index contributed by atoms with van der Waals surface area (Å²) in [5.41, 5.74) is 0.702. The van der Waals surface area contributed by atoms with Crippen molar-refractivity contribution in [1.82, 2.24) is 5.32 Å². The van der Waals surface area contributed by atoms with Crippen molar-refractivity contribution in [3.8, 4) is 5.75 Å². The molecule has 3 atom stereocenters. The zero-order valence-electron chi connectivity index (χ0n) is 9.94. The Labute approximate surface area is 110 Å². The Kier molecular flexibility index (Phi) is 2.75. The van der Waals surface area contributed by atoms with E-state index in [0.717, 1.165) is 0 Å². The second-order valence-electron chi connectivity index (χ2n) is 4.75. The summed E-state index contributed by atoms with van der Waals surface area (Å²) in [6.07, 6.45) is 0. The van der Waals surface area contributed by atoms with Gasteiger partial charge in [-0.15, -0.1) is 0 Å². The van der Waals surface area contributed by atoms with Crippen LogP contribution in [0.1, 0.15) is 11.6 Å². The molecule has 0 bridgehead atoms. The fourth-order valence-electron chi connectivity index (χ4n) is 2.61. The van der Waals surface area contributed by atoms with Crippen molar-refractivity contribution in [1.29, 1.82) is 0 Å². The first kappa shape index (κ1) is 12.4. The van der Waals surface area contributed by atoms with E-state index in [1.807, 2.05) is 0 Å². The summed E-state index contributed by atoms with van der Waals surface area (Å²) in [5.74, 6) is -0.932. The number of rotatable bonds is 1. The van der Waals surface area contributed by atoms with Gasteiger partial charge in [0.15, 0.2) is 9.84 Å². The van der Waals surface area contributed by atoms with Gasteiger partial charge in [0.1, 0.15) is 23.6 Å². The predicted octanol–water partition coefficient (Wildman–Crippen LogP) is -0.0401. The number of carbonyl (C=O) groups is 1. The number of fused-ring (bicyclic) bond motifs is 3. The van der Waals surface area contributed by atoms with Gasteiger partial charge in [-0.2, -0.15) is 0 Å². The third-order valence-electron chi connectivity index (χ3n) is 3.57. The Morgan fingerprint density at radius 2 is 2.11 bits per heavy atom. The highest BCUT2D eigenvalue weighted by atomic mass is 32.2. The maximum atomic E-state index is 12.2. The Bertz CT molecular complexity index is 627. The molecule has 1 saturated heterocycles. The summed E-state index contributed by atoms with van der Waals surface area (Å²) in [7, 11) is -3.49. The molecule has 2 N–H and O–H groups in total. The summed E-state index contributed by atoms with van der Waals surface area (Å²) < 4.78 is 29.8. The molecule has 0 saturated carbocycles. The fraction of sp³-hybridized carbons (Fsp3) is 0.417. The Morgan fingerprint density at radius 3 is 2.84 bits per heavy atom. The number of hydrogen-bond acceptors (Lipinski definition) is 5. The molecule has 0 aromatic heterocycles. The lowest BCUT2D eigenvalue weighted by Gasteiger charge is -2.39. The van der Waals surface area contributed by atoms with Gasteiger partial charge in [-0.25, -0.2) is 8.42 Å². The van der Waals surface area contributed by atoms with Crippen LogP contribution < -0.4 is 10.1 Å². The average molecular weight is 283 g/mol. The molecule has 2 heterocycles. The van der Waals surface area contributed by atoms with Gasteiger partial charge < -0.3 is 9.84 Å². The summed E-state index contributed by atoms with van der Waals surface area (Å²) in [5, 5.41) is 11.2. The molecule has 0 spiro atoms. The molecule has 19 heavy (non-hydrogen) atoms. The molecule has 1 aromatic rings. The van der Waals surface area contributed by atoms with Crippen molar-refractivity contribution in [2.45, 2.75) is 17.3 Å². The van der Waals surface area contributed by atoms with Crippen molar-refractivity contribution in [3.63, 3.8) is 0 Å². The summed E-state index contributed by atoms with van der Waals surface area (Å²) in [4.78, 5) is 11.1. The van der Waals surface area contributed by atoms with Gasteiger partial charge in [0.2, 0.25) is 0 Å². The molecule has 6 nitrogen and oxygen atoms in total. The van der Waals surface area contributed by atoms with Crippen LogP contribution in [0, 0.1) is 0 Å². The molecule has 1 fully saturated rings. The Morgan fingerprint density at radius 1 is 1.37 bits per heavy atom. The molecule has 7 heteroatoms. The molecule has 2 aliphatic rings. The second-order valence-corrected chi connectivity index (χ2v) is 7.02. The summed E-state index contributed by atoms with van der Waals surface area (Å²) >= 11 is 0. The van der Waals surface area contributed by atoms with E-state index in [1.165, 1.54) is 0 Å². The van der Waals surface area contributed by atoms with Gasteiger partial charge in [0, 0.05) is 5.56 Å². The number of nitrogens with one attached hydrogen (secondary N) is 1. The highest BCUT2D eigenvalue weighted by molar-refractivity contribution is 7.92. The number of para-hydroxylation sites is 1. The van der Waals surface area contributed by atoms with E-state index >= 15 is 0 Å². The third kappa shape index (κ3) is 1.98. The van der Waals surface area contributed by atoms with Crippen LogP contribution in [0.25, 0.3) is 0 Å². The van der Waals surface area contributed by atoms with E-state index in [2.05, 4.69) is 5.32 Å². The minimum Gasteiger partial charge on any atom is -0.492 e. The standard InChI is InChI=1S/C12H13NO5S/c14-12(15)8-6-19(16,17)10-5-18-9-4-2-1-3-7(9)11(10)13-8/h1-4,8,10-11,13H,5-6H2,(H,14,15). The highest BCUT2D eigenvalue weighted by Gasteiger charge is 2.47. The molecule has 0 aliphatic carbocycles. The minimum absolute atomic E-state index is 0.0589. The van der Waals surface area contributed by atoms with Gasteiger partial charge in [0.05, 0.1) is 11.8 Å². The van der Waals surface area contributed by atoms with Crippen molar-refractivity contribution in [2.75, 3.05) is 12.4 Å². The van der Waals surface area contributed by atoms with Crippen LogP contribution in [0.2, 0.25) is 0 Å². The molecule has 102 valence electrons. The molecule has 3 unspecified atom stereocenters. The smallest absolute Gasteiger partial charge is 0.321 e. The number of benzene rings is 1. The van der Waals surface area contributed by atoms with Crippen LogP contribution >= 0.6 is 0 Å². The van der Waals surface area contributed by atoms with Crippen LogP contribution in [-0.2, 0) is 14.6 Å². The molecule has 1 aromatic carbocycles. The van der Waals surface area contributed by atoms with Crippen LogP contribution in [0.15, 0.2) is 24.3 Å². The van der Waals surface area contributed by atoms with Crippen LogP contribution in [-0.4, -0.2) is 43.1 Å². The molecule has 2 aliphatic heterocycles. The fourth-order valence-corrected chi connectivity index (χ4v) is 4.47. The monoisotopic (exact) mass is 283 g/mol. The first-order valence-corrected chi connectivity index (χ1v) is 7.63. The number of sulfone groups is 1. The van der Waals surface area contributed by atoms with Crippen LogP contribution in [0.5, 0.6) is 5.75 Å². The largest absolute Gasteiger partial charge is 0.492 e. The topological polar surface area (TPSA) is 92.7 Å². The maximum Gasteiger partial charge on any atom is 0.321 e. The van der Waals surface area contributed by atoms with Crippen LogP contribution in [0.3, 0.4) is 0 Å². The third-order valence-corrected chi connectivity index (χ3v) is 5.70. The number of carboxylic acid groups (broad SMARTS) is 1. The molecular weight excluding hydrogens is 270 g/mol. The van der Waals surface area contributed by atoms with Crippen molar-refractivity contribution >= 4 is 15.8 Å². The van der Waals surface area contributed by atoms with Gasteiger partial charge in [-0.3, -0.25) is 10.1 Å². The van der Waals surface area contributed by atoms with E-state index in [1.54, 1.807) is 24.3 Å². The van der Waals surface area contributed by atoms with Crippen molar-refractivity contribution in [2.24, 2.45) is 0 Å². The Hall–Kier alpha value is -1.60. The van der Waals surface area contributed by atoms with Gasteiger partial charge >= 0.3 is 5.97 Å². The van der Waals surface area contributed by atoms with Gasteiger partial charge in [-0.1, -0.05) is 18.2 Å². The molecule has 3 rings (SSSR count). The number of ether oxygens (including phenoxy) is 1. The second kappa shape index (κ2) is 4.21. The molecule has 0 radical (unpaired) electrons. The highest BCUT2D eigenvalue weighted by Crippen LogP contribution is 2.37. The molecular formula is C12H13NO5S. The van der Waals surface area contributed by atoms with Crippen LogP contribution in [0.4, 0.5) is 0 Å². The first-order valence-electron chi connectivity index (χ1n) is 5.91. The number of aliphatic carboxylic acids is 1. The summed E-state index contributed by atoms with van der Waals surface area (Å²) in [6, 6.07) is 5.50. The van der Waals surface area contributed by atoms with E-state index in [9.17, 15) is 13.2 Å². The SMILES string of the molecule is O=C(O)C1CS(=O)(=O)C2COc3ccccc3C2N1. The minimum atomic E-state index is -3.49. The van der Waals surface area contributed by atoms with E-state index in [4.69, 9.17) is 9.84 Å². The number of hydrogen-bond donors (Lipinski definition) is 2. The van der Waals surface area contributed by atoms with E-state index in [0.29, 0.717) is 11.3 Å². The van der Waals surface area contributed by atoms with E-state index < -0.39 is 38.9 Å². The van der Waals surface area contributed by atoms with Gasteiger partial charge in [-0.05, 0) is 6.07 Å².